The molecule has 0 bridgehead atoms. The summed E-state index contributed by atoms with van der Waals surface area (Å²) in [4.78, 5) is 20.8. The molecule has 1 aliphatic heterocycles. The maximum Gasteiger partial charge on any atom is 0.164 e. The van der Waals surface area contributed by atoms with Crippen molar-refractivity contribution in [2.45, 2.75) is 44.7 Å². The fourth-order valence-electron chi connectivity index (χ4n) is 1.48. The first-order chi connectivity index (χ1) is 6.07. The zero-order valence-electron chi connectivity index (χ0n) is 7.86. The standard InChI is InChI=1S/C9H14O4/c1-9(2)12-7(3-4-10)5-8(6-11)13-9/h4,6-8H,3,5H2,1-2H3/t7-,8-/m0/s1. The molecule has 0 aromatic carbocycles. The number of hydrogen-bond acceptors (Lipinski definition) is 4. The minimum atomic E-state index is -0.766. The van der Waals surface area contributed by atoms with Crippen molar-refractivity contribution in [3.63, 3.8) is 0 Å². The van der Waals surface area contributed by atoms with E-state index in [0.29, 0.717) is 12.8 Å². The van der Waals surface area contributed by atoms with Gasteiger partial charge in [0.05, 0.1) is 6.10 Å². The van der Waals surface area contributed by atoms with Gasteiger partial charge in [-0.05, 0) is 13.8 Å². The van der Waals surface area contributed by atoms with Crippen LogP contribution in [0.2, 0.25) is 0 Å². The largest absolute Gasteiger partial charge is 0.347 e. The lowest BCUT2D eigenvalue weighted by Crippen LogP contribution is -2.45. The maximum atomic E-state index is 10.5. The van der Waals surface area contributed by atoms with Crippen molar-refractivity contribution in [3.05, 3.63) is 0 Å². The molecule has 4 nitrogen and oxygen atoms in total. The molecule has 13 heavy (non-hydrogen) atoms. The highest BCUT2D eigenvalue weighted by Gasteiger charge is 2.34. The van der Waals surface area contributed by atoms with Crippen LogP contribution >= 0.6 is 0 Å². The zero-order chi connectivity index (χ0) is 9.90. The predicted octanol–water partition coefficient (Wildman–Crippen LogP) is 0.684. The van der Waals surface area contributed by atoms with Gasteiger partial charge in [-0.2, -0.15) is 0 Å². The number of ether oxygens (including phenoxy) is 2. The Kier molecular flexibility index (Phi) is 3.17. The van der Waals surface area contributed by atoms with Crippen LogP contribution in [0.1, 0.15) is 26.7 Å². The topological polar surface area (TPSA) is 52.6 Å². The van der Waals surface area contributed by atoms with E-state index in [9.17, 15) is 9.59 Å². The third-order valence-electron chi connectivity index (χ3n) is 1.89. The molecule has 1 rings (SSSR count). The molecule has 0 amide bonds. The van der Waals surface area contributed by atoms with Crippen LogP contribution in [-0.4, -0.2) is 30.6 Å². The molecule has 0 aromatic heterocycles. The van der Waals surface area contributed by atoms with Gasteiger partial charge in [0, 0.05) is 12.8 Å². The number of carbonyl (C=O) groups is 2. The van der Waals surface area contributed by atoms with Gasteiger partial charge < -0.3 is 19.1 Å². The number of hydrogen-bond donors (Lipinski definition) is 0. The molecule has 1 fully saturated rings. The third-order valence-corrected chi connectivity index (χ3v) is 1.89. The quantitative estimate of drug-likeness (QED) is 0.608. The molecule has 2 atom stereocenters. The van der Waals surface area contributed by atoms with Crippen LogP contribution in [0.15, 0.2) is 0 Å². The Balaban J connectivity index is 2.59. The van der Waals surface area contributed by atoms with E-state index in [1.54, 1.807) is 13.8 Å². The van der Waals surface area contributed by atoms with Gasteiger partial charge in [-0.1, -0.05) is 0 Å². The fourth-order valence-corrected chi connectivity index (χ4v) is 1.48. The molecule has 0 N–H and O–H groups in total. The van der Waals surface area contributed by atoms with Gasteiger partial charge in [0.15, 0.2) is 5.79 Å². The molecule has 0 radical (unpaired) electrons. The van der Waals surface area contributed by atoms with Crippen molar-refractivity contribution < 1.29 is 19.1 Å². The summed E-state index contributed by atoms with van der Waals surface area (Å²) in [5.41, 5.74) is 0. The lowest BCUT2D eigenvalue weighted by Gasteiger charge is -2.38. The van der Waals surface area contributed by atoms with E-state index in [1.165, 1.54) is 0 Å². The number of carbonyl (C=O) groups excluding carboxylic acids is 2. The smallest absolute Gasteiger partial charge is 0.164 e. The number of rotatable bonds is 3. The van der Waals surface area contributed by atoms with Crippen molar-refractivity contribution in [1.82, 2.24) is 0 Å². The summed E-state index contributed by atoms with van der Waals surface area (Å²) in [5.74, 6) is -0.766. The Morgan fingerprint density at radius 2 is 2.08 bits per heavy atom. The highest BCUT2D eigenvalue weighted by atomic mass is 16.7. The number of aldehydes is 2. The highest BCUT2D eigenvalue weighted by Crippen LogP contribution is 2.26. The van der Waals surface area contributed by atoms with Crippen molar-refractivity contribution in [1.29, 1.82) is 0 Å². The molecule has 1 heterocycles. The second-order valence-electron chi connectivity index (χ2n) is 3.57. The van der Waals surface area contributed by atoms with E-state index in [0.717, 1.165) is 12.6 Å². The zero-order valence-corrected chi connectivity index (χ0v) is 7.86. The first-order valence-corrected chi connectivity index (χ1v) is 4.32. The Hall–Kier alpha value is -0.740. The van der Waals surface area contributed by atoms with Gasteiger partial charge in [0.25, 0.3) is 0 Å². The average molecular weight is 186 g/mol. The summed E-state index contributed by atoms with van der Waals surface area (Å²) in [5, 5.41) is 0. The molecule has 74 valence electrons. The molecule has 4 heteroatoms. The lowest BCUT2D eigenvalue weighted by atomic mass is 10.1. The van der Waals surface area contributed by atoms with Gasteiger partial charge in [-0.15, -0.1) is 0 Å². The molecule has 0 unspecified atom stereocenters. The second-order valence-corrected chi connectivity index (χ2v) is 3.57. The monoisotopic (exact) mass is 186 g/mol. The van der Waals surface area contributed by atoms with E-state index < -0.39 is 11.9 Å². The van der Waals surface area contributed by atoms with Crippen LogP contribution in [0.5, 0.6) is 0 Å². The highest BCUT2D eigenvalue weighted by molar-refractivity contribution is 5.57. The van der Waals surface area contributed by atoms with Crippen molar-refractivity contribution in [2.75, 3.05) is 0 Å². The van der Waals surface area contributed by atoms with Crippen LogP contribution in [0.3, 0.4) is 0 Å². The molecular formula is C9H14O4. The van der Waals surface area contributed by atoms with Crippen molar-refractivity contribution in [2.24, 2.45) is 0 Å². The molecule has 0 saturated carbocycles. The Morgan fingerprint density at radius 3 is 2.62 bits per heavy atom. The first-order valence-electron chi connectivity index (χ1n) is 4.32. The molecule has 1 saturated heterocycles. The molecule has 0 spiro atoms. The predicted molar refractivity (Wildman–Crippen MR) is 45.2 cm³/mol. The fraction of sp³-hybridized carbons (Fsp3) is 0.778. The Bertz CT molecular complexity index is 200. The van der Waals surface area contributed by atoms with E-state index in [-0.39, 0.29) is 6.10 Å². The molecule has 0 aliphatic carbocycles. The summed E-state index contributed by atoms with van der Waals surface area (Å²) in [6.45, 7) is 3.47. The summed E-state index contributed by atoms with van der Waals surface area (Å²) in [6.07, 6.45) is 1.68. The van der Waals surface area contributed by atoms with Crippen LogP contribution in [0.4, 0.5) is 0 Å². The van der Waals surface area contributed by atoms with Crippen molar-refractivity contribution in [3.8, 4) is 0 Å². The SMILES string of the molecule is CC1(C)O[C@@H](CC=O)C[C@@H](C=O)O1. The summed E-state index contributed by atoms with van der Waals surface area (Å²) >= 11 is 0. The average Bonchev–Trinajstić information content (AvgIpc) is 2.02. The van der Waals surface area contributed by atoms with E-state index in [1.807, 2.05) is 0 Å². The maximum absolute atomic E-state index is 10.5. The van der Waals surface area contributed by atoms with Crippen LogP contribution in [0, 0.1) is 0 Å². The molecular weight excluding hydrogens is 172 g/mol. The Labute approximate surface area is 77.2 Å². The van der Waals surface area contributed by atoms with Crippen LogP contribution in [0.25, 0.3) is 0 Å². The van der Waals surface area contributed by atoms with Gasteiger partial charge >= 0.3 is 0 Å². The first kappa shape index (κ1) is 10.3. The van der Waals surface area contributed by atoms with Gasteiger partial charge in [-0.3, -0.25) is 0 Å². The van der Waals surface area contributed by atoms with Gasteiger partial charge in [0.2, 0.25) is 0 Å². The van der Waals surface area contributed by atoms with E-state index >= 15 is 0 Å². The summed E-state index contributed by atoms with van der Waals surface area (Å²) < 4.78 is 10.7. The van der Waals surface area contributed by atoms with Gasteiger partial charge in [-0.25, -0.2) is 0 Å². The minimum Gasteiger partial charge on any atom is -0.347 e. The van der Waals surface area contributed by atoms with Crippen LogP contribution in [-0.2, 0) is 19.1 Å². The molecule has 0 aromatic rings. The van der Waals surface area contributed by atoms with Gasteiger partial charge in [0.1, 0.15) is 18.7 Å². The second kappa shape index (κ2) is 3.98. The lowest BCUT2D eigenvalue weighted by molar-refractivity contribution is -0.290. The van der Waals surface area contributed by atoms with Crippen molar-refractivity contribution >= 4 is 12.6 Å². The van der Waals surface area contributed by atoms with Crippen LogP contribution < -0.4 is 0 Å². The van der Waals surface area contributed by atoms with E-state index in [4.69, 9.17) is 9.47 Å². The molecule has 1 aliphatic rings. The summed E-state index contributed by atoms with van der Waals surface area (Å²) in [6, 6.07) is 0. The normalized spacial score (nSPS) is 32.5. The third kappa shape index (κ3) is 2.90. The van der Waals surface area contributed by atoms with E-state index in [2.05, 4.69) is 0 Å². The Morgan fingerprint density at radius 1 is 1.38 bits per heavy atom. The minimum absolute atomic E-state index is 0.198. The summed E-state index contributed by atoms with van der Waals surface area (Å²) in [7, 11) is 0.